The van der Waals surface area contributed by atoms with Crippen LogP contribution in [0.15, 0.2) is 53.5 Å². The Kier molecular flexibility index (Phi) is 6.77. The number of halogens is 5. The van der Waals surface area contributed by atoms with Gasteiger partial charge in [-0.1, -0.05) is 24.6 Å². The lowest BCUT2D eigenvalue weighted by atomic mass is 9.78. The van der Waals surface area contributed by atoms with Crippen LogP contribution in [0.5, 0.6) is 11.5 Å². The highest BCUT2D eigenvalue weighted by atomic mass is 35.5. The third-order valence-electron chi connectivity index (χ3n) is 5.43. The van der Waals surface area contributed by atoms with Crippen molar-refractivity contribution in [2.24, 2.45) is 0 Å². The maximum absolute atomic E-state index is 14.1. The van der Waals surface area contributed by atoms with Gasteiger partial charge in [-0.15, -0.1) is 0 Å². The van der Waals surface area contributed by atoms with E-state index in [0.29, 0.717) is 0 Å². The van der Waals surface area contributed by atoms with E-state index in [4.69, 9.17) is 21.4 Å². The molecule has 3 rings (SSSR count). The van der Waals surface area contributed by atoms with Crippen LogP contribution in [-0.4, -0.2) is 27.3 Å². The zero-order valence-corrected chi connectivity index (χ0v) is 18.5. The van der Waals surface area contributed by atoms with Gasteiger partial charge in [0.05, 0.1) is 5.56 Å². The van der Waals surface area contributed by atoms with E-state index in [2.05, 4.69) is 4.98 Å². The van der Waals surface area contributed by atoms with Gasteiger partial charge in [0.2, 0.25) is 0 Å². The third-order valence-corrected chi connectivity index (χ3v) is 5.76. The minimum Gasteiger partial charge on any atom is -0.478 e. The van der Waals surface area contributed by atoms with Crippen molar-refractivity contribution in [2.75, 3.05) is 0 Å². The zero-order valence-electron chi connectivity index (χ0n) is 17.7. The van der Waals surface area contributed by atoms with Gasteiger partial charge in [0.25, 0.3) is 5.56 Å². The number of carboxylic acid groups (broad SMARTS) is 1. The van der Waals surface area contributed by atoms with Gasteiger partial charge in [0.1, 0.15) is 17.3 Å². The Bertz CT molecular complexity index is 1310. The highest BCUT2D eigenvalue weighted by Crippen LogP contribution is 2.50. The van der Waals surface area contributed by atoms with Crippen LogP contribution >= 0.6 is 11.6 Å². The molecule has 0 aliphatic carbocycles. The van der Waals surface area contributed by atoms with Gasteiger partial charge in [-0.3, -0.25) is 4.79 Å². The Balaban J connectivity index is 1.97. The highest BCUT2D eigenvalue weighted by Gasteiger charge is 2.59. The number of rotatable bonds is 6. The van der Waals surface area contributed by atoms with Crippen molar-refractivity contribution in [3.05, 3.63) is 92.1 Å². The van der Waals surface area contributed by atoms with E-state index in [1.807, 2.05) is 0 Å². The molecule has 2 atom stereocenters. The fourth-order valence-electron chi connectivity index (χ4n) is 3.49. The van der Waals surface area contributed by atoms with Gasteiger partial charge in [-0.05, 0) is 42.8 Å². The number of hydrogen-bond acceptors (Lipinski definition) is 4. The Labute approximate surface area is 195 Å². The molecule has 3 N–H and O–H groups in total. The summed E-state index contributed by atoms with van der Waals surface area (Å²) in [5.74, 6) is -4.12. The summed E-state index contributed by atoms with van der Waals surface area (Å²) in [7, 11) is 0. The van der Waals surface area contributed by atoms with E-state index in [1.54, 1.807) is 0 Å². The molecule has 0 spiro atoms. The van der Waals surface area contributed by atoms with E-state index >= 15 is 0 Å². The number of benzene rings is 2. The van der Waals surface area contributed by atoms with Crippen molar-refractivity contribution in [3.8, 4) is 11.5 Å². The fraction of sp³-hybridized carbons (Fsp3) is 0.217. The van der Waals surface area contributed by atoms with Crippen molar-refractivity contribution >= 4 is 17.6 Å². The highest BCUT2D eigenvalue weighted by molar-refractivity contribution is 6.31. The van der Waals surface area contributed by atoms with E-state index in [1.165, 1.54) is 31.2 Å². The number of nitrogens with one attached hydrogen (secondary N) is 1. The summed E-state index contributed by atoms with van der Waals surface area (Å²) < 4.78 is 61.6. The Hall–Kier alpha value is -3.37. The molecule has 3 aromatic rings. The number of carboxylic acids is 1. The number of carbonyl (C=O) groups is 1. The molecule has 2 aromatic carbocycles. The first-order valence-corrected chi connectivity index (χ1v) is 10.1. The number of aliphatic hydroxyl groups is 1. The Morgan fingerprint density at radius 1 is 1.12 bits per heavy atom. The predicted octanol–water partition coefficient (Wildman–Crippen LogP) is 5.52. The van der Waals surface area contributed by atoms with Crippen LogP contribution in [0.25, 0.3) is 0 Å². The quantitative estimate of drug-likeness (QED) is 0.388. The van der Waals surface area contributed by atoms with Crippen LogP contribution in [0.3, 0.4) is 0 Å². The first-order valence-electron chi connectivity index (χ1n) is 9.74. The number of ether oxygens (including phenoxy) is 1. The fourth-order valence-corrected chi connectivity index (χ4v) is 3.83. The molecule has 6 nitrogen and oxygen atoms in total. The summed E-state index contributed by atoms with van der Waals surface area (Å²) in [5, 5.41) is 19.6. The topological polar surface area (TPSA) is 99.6 Å². The average molecular weight is 500 g/mol. The molecule has 0 saturated carbocycles. The molecule has 0 aliphatic rings. The second kappa shape index (κ2) is 9.11. The van der Waals surface area contributed by atoms with Gasteiger partial charge in [0, 0.05) is 34.3 Å². The molecule has 0 bridgehead atoms. The number of H-pyrrole nitrogens is 1. The molecular weight excluding hydrogens is 482 g/mol. The van der Waals surface area contributed by atoms with E-state index in [0.717, 1.165) is 31.3 Å². The van der Waals surface area contributed by atoms with E-state index in [9.17, 15) is 32.3 Å². The Morgan fingerprint density at radius 3 is 2.26 bits per heavy atom. The monoisotopic (exact) mass is 499 g/mol. The lowest BCUT2D eigenvalue weighted by Crippen LogP contribution is -2.47. The molecule has 0 amide bonds. The van der Waals surface area contributed by atoms with Crippen LogP contribution < -0.4 is 10.3 Å². The maximum atomic E-state index is 14.1. The van der Waals surface area contributed by atoms with E-state index in [-0.39, 0.29) is 27.6 Å². The minimum atomic E-state index is -5.13. The lowest BCUT2D eigenvalue weighted by molar-refractivity contribution is -0.274. The lowest BCUT2D eigenvalue weighted by Gasteiger charge is -2.37. The van der Waals surface area contributed by atoms with Gasteiger partial charge >= 0.3 is 12.1 Å². The number of aryl methyl sites for hydroxylation is 1. The van der Waals surface area contributed by atoms with Crippen molar-refractivity contribution < 1.29 is 37.3 Å². The van der Waals surface area contributed by atoms with Crippen molar-refractivity contribution in [1.82, 2.24) is 4.98 Å². The van der Waals surface area contributed by atoms with Crippen molar-refractivity contribution in [3.63, 3.8) is 0 Å². The van der Waals surface area contributed by atoms with Gasteiger partial charge < -0.3 is 19.9 Å². The summed E-state index contributed by atoms with van der Waals surface area (Å²) in [4.78, 5) is 24.7. The first kappa shape index (κ1) is 25.3. The predicted molar refractivity (Wildman–Crippen MR) is 115 cm³/mol. The summed E-state index contributed by atoms with van der Waals surface area (Å²) >= 11 is 6.22. The zero-order chi connectivity index (χ0) is 25.4. The number of pyridine rings is 1. The smallest absolute Gasteiger partial charge is 0.422 e. The number of aromatic carboxylic acids is 1. The van der Waals surface area contributed by atoms with E-state index < -0.39 is 46.2 Å². The standard InChI is InChI=1S/C23H18ClF4NO5/c1-11-7-13(10-29-20(11)30)22(33,23(26,27)28)12(2)16-5-3-14(8-18(16)24)34-15-4-6-17(21(31)32)19(25)9-15/h3-10,12,33H,1-2H3,(H,29,30)(H,31,32). The molecule has 0 radical (unpaired) electrons. The molecule has 34 heavy (non-hydrogen) atoms. The summed E-state index contributed by atoms with van der Waals surface area (Å²) in [5.41, 5.74) is -5.17. The number of aromatic amines is 1. The molecular formula is C23H18ClF4NO5. The minimum absolute atomic E-state index is 0.0108. The first-order chi connectivity index (χ1) is 15.8. The van der Waals surface area contributed by atoms with Crippen LogP contribution in [0.4, 0.5) is 17.6 Å². The molecule has 180 valence electrons. The molecule has 0 fully saturated rings. The number of aromatic nitrogens is 1. The molecule has 2 unspecified atom stereocenters. The van der Waals surface area contributed by atoms with Crippen molar-refractivity contribution in [1.29, 1.82) is 0 Å². The summed E-state index contributed by atoms with van der Waals surface area (Å²) in [6.45, 7) is 2.45. The van der Waals surface area contributed by atoms with Crippen molar-refractivity contribution in [2.45, 2.75) is 31.5 Å². The molecule has 1 aromatic heterocycles. The normalized spacial score (nSPS) is 14.4. The average Bonchev–Trinajstić information content (AvgIpc) is 2.73. The SMILES string of the molecule is Cc1cc(C(O)(C(C)c2ccc(Oc3ccc(C(=O)O)c(F)c3)cc2Cl)C(F)(F)F)c[nH]c1=O. The maximum Gasteiger partial charge on any atom is 0.422 e. The Morgan fingerprint density at radius 2 is 1.74 bits per heavy atom. The van der Waals surface area contributed by atoms with Gasteiger partial charge in [-0.2, -0.15) is 13.2 Å². The van der Waals surface area contributed by atoms with Crippen LogP contribution in [-0.2, 0) is 5.60 Å². The molecule has 1 heterocycles. The number of hydrogen-bond donors (Lipinski definition) is 3. The molecule has 0 aliphatic heterocycles. The van der Waals surface area contributed by atoms with Gasteiger partial charge in [0.15, 0.2) is 5.60 Å². The van der Waals surface area contributed by atoms with Crippen LogP contribution in [0.2, 0.25) is 5.02 Å². The second-order valence-electron chi connectivity index (χ2n) is 7.62. The van der Waals surface area contributed by atoms with Crippen LogP contribution in [0, 0.1) is 12.7 Å². The molecule has 0 saturated heterocycles. The summed E-state index contributed by atoms with van der Waals surface area (Å²) in [6, 6.07) is 7.69. The third kappa shape index (κ3) is 4.64. The van der Waals surface area contributed by atoms with Gasteiger partial charge in [-0.25, -0.2) is 9.18 Å². The van der Waals surface area contributed by atoms with Crippen LogP contribution in [0.1, 0.15) is 39.9 Å². The second-order valence-corrected chi connectivity index (χ2v) is 8.03. The number of alkyl halides is 3. The summed E-state index contributed by atoms with van der Waals surface area (Å²) in [6.07, 6.45) is -4.32. The molecule has 11 heteroatoms. The largest absolute Gasteiger partial charge is 0.478 e.